The van der Waals surface area contributed by atoms with E-state index in [1.807, 2.05) is 0 Å². The summed E-state index contributed by atoms with van der Waals surface area (Å²) in [7, 11) is 0. The molecule has 1 saturated heterocycles. The molecular formula is C8H15F2NO. The fourth-order valence-electron chi connectivity index (χ4n) is 1.05. The van der Waals surface area contributed by atoms with Crippen LogP contribution in [0.5, 0.6) is 0 Å². The van der Waals surface area contributed by atoms with Gasteiger partial charge in [0.2, 0.25) is 0 Å². The standard InChI is InChI=1S/C8H15F2NO/c1-8(9,10)6-12-3-2-7-4-11-5-7/h7,11H,2-6H2,1H3. The van der Waals surface area contributed by atoms with E-state index in [0.717, 1.165) is 26.4 Å². The lowest BCUT2D eigenvalue weighted by molar-refractivity contribution is -0.0650. The van der Waals surface area contributed by atoms with Gasteiger partial charge in [0.25, 0.3) is 5.92 Å². The zero-order valence-electron chi connectivity index (χ0n) is 7.28. The third-order valence-electron chi connectivity index (χ3n) is 1.89. The lowest BCUT2D eigenvalue weighted by atomic mass is 10.0. The summed E-state index contributed by atoms with van der Waals surface area (Å²) in [5, 5.41) is 3.11. The Kier molecular flexibility index (Phi) is 3.40. The Hall–Kier alpha value is -0.220. The van der Waals surface area contributed by atoms with Gasteiger partial charge in [-0.15, -0.1) is 0 Å². The molecule has 0 aromatic carbocycles. The summed E-state index contributed by atoms with van der Waals surface area (Å²) in [6.45, 7) is 2.89. The van der Waals surface area contributed by atoms with Gasteiger partial charge in [0.15, 0.2) is 0 Å². The third kappa shape index (κ3) is 3.97. The Bertz CT molecular complexity index is 132. The molecule has 1 heterocycles. The van der Waals surface area contributed by atoms with Crippen LogP contribution in [-0.2, 0) is 4.74 Å². The highest BCUT2D eigenvalue weighted by atomic mass is 19.3. The first kappa shape index (κ1) is 9.86. The monoisotopic (exact) mass is 179 g/mol. The van der Waals surface area contributed by atoms with Crippen molar-refractivity contribution < 1.29 is 13.5 Å². The molecule has 12 heavy (non-hydrogen) atoms. The first-order valence-electron chi connectivity index (χ1n) is 4.24. The molecule has 4 heteroatoms. The Balaban J connectivity index is 1.88. The maximum atomic E-state index is 12.2. The highest BCUT2D eigenvalue weighted by Gasteiger charge is 2.22. The van der Waals surface area contributed by atoms with E-state index in [2.05, 4.69) is 5.32 Å². The van der Waals surface area contributed by atoms with Crippen molar-refractivity contribution in [1.82, 2.24) is 5.32 Å². The van der Waals surface area contributed by atoms with Gasteiger partial charge in [0.1, 0.15) is 6.61 Å². The van der Waals surface area contributed by atoms with E-state index in [0.29, 0.717) is 12.5 Å². The van der Waals surface area contributed by atoms with E-state index in [9.17, 15) is 8.78 Å². The van der Waals surface area contributed by atoms with Gasteiger partial charge in [-0.1, -0.05) is 0 Å². The molecule has 0 unspecified atom stereocenters. The minimum Gasteiger partial charge on any atom is -0.375 e. The van der Waals surface area contributed by atoms with Crippen molar-refractivity contribution in [2.45, 2.75) is 19.3 Å². The number of hydrogen-bond donors (Lipinski definition) is 1. The van der Waals surface area contributed by atoms with E-state index in [1.165, 1.54) is 0 Å². The first-order chi connectivity index (χ1) is 5.58. The molecule has 1 rings (SSSR count). The normalized spacial score (nSPS) is 19.2. The summed E-state index contributed by atoms with van der Waals surface area (Å²) in [6, 6.07) is 0. The van der Waals surface area contributed by atoms with E-state index in [-0.39, 0.29) is 0 Å². The van der Waals surface area contributed by atoms with E-state index in [1.54, 1.807) is 0 Å². The van der Waals surface area contributed by atoms with Crippen LogP contribution in [0.3, 0.4) is 0 Å². The molecule has 0 aromatic rings. The molecule has 0 aliphatic carbocycles. The van der Waals surface area contributed by atoms with Crippen LogP contribution >= 0.6 is 0 Å². The number of halogens is 2. The summed E-state index contributed by atoms with van der Waals surface area (Å²) < 4.78 is 29.2. The molecule has 1 aliphatic rings. The molecule has 72 valence electrons. The second-order valence-corrected chi connectivity index (χ2v) is 3.44. The maximum absolute atomic E-state index is 12.2. The summed E-state index contributed by atoms with van der Waals surface area (Å²) in [5.41, 5.74) is 0. The number of rotatable bonds is 5. The van der Waals surface area contributed by atoms with Gasteiger partial charge < -0.3 is 10.1 Å². The third-order valence-corrected chi connectivity index (χ3v) is 1.89. The minimum absolute atomic E-state index is 0.451. The Morgan fingerprint density at radius 2 is 2.17 bits per heavy atom. The fourth-order valence-corrected chi connectivity index (χ4v) is 1.05. The van der Waals surface area contributed by atoms with Crippen molar-refractivity contribution >= 4 is 0 Å². The quantitative estimate of drug-likeness (QED) is 0.642. The van der Waals surface area contributed by atoms with Crippen LogP contribution in [0.15, 0.2) is 0 Å². The van der Waals surface area contributed by atoms with Gasteiger partial charge in [-0.05, 0) is 25.4 Å². The van der Waals surface area contributed by atoms with Gasteiger partial charge in [-0.3, -0.25) is 0 Å². The lowest BCUT2D eigenvalue weighted by Gasteiger charge is -2.26. The van der Waals surface area contributed by atoms with Gasteiger partial charge in [0, 0.05) is 13.5 Å². The average molecular weight is 179 g/mol. The molecule has 0 bridgehead atoms. The van der Waals surface area contributed by atoms with Gasteiger partial charge in [-0.2, -0.15) is 0 Å². The summed E-state index contributed by atoms with van der Waals surface area (Å²) in [6.07, 6.45) is 0.892. The molecule has 1 aliphatic heterocycles. The molecule has 1 N–H and O–H groups in total. The van der Waals surface area contributed by atoms with Gasteiger partial charge in [0.05, 0.1) is 0 Å². The molecule has 0 atom stereocenters. The number of alkyl halides is 2. The number of hydrogen-bond acceptors (Lipinski definition) is 2. The van der Waals surface area contributed by atoms with Crippen LogP contribution in [0.25, 0.3) is 0 Å². The summed E-state index contributed by atoms with van der Waals surface area (Å²) >= 11 is 0. The summed E-state index contributed by atoms with van der Waals surface area (Å²) in [4.78, 5) is 0. The van der Waals surface area contributed by atoms with Crippen LogP contribution < -0.4 is 5.32 Å². The van der Waals surface area contributed by atoms with Crippen molar-refractivity contribution in [3.8, 4) is 0 Å². The predicted octanol–water partition coefficient (Wildman–Crippen LogP) is 1.27. The second kappa shape index (κ2) is 4.14. The molecule has 1 fully saturated rings. The van der Waals surface area contributed by atoms with Gasteiger partial charge in [-0.25, -0.2) is 8.78 Å². The van der Waals surface area contributed by atoms with Crippen molar-refractivity contribution in [3.63, 3.8) is 0 Å². The topological polar surface area (TPSA) is 21.3 Å². The second-order valence-electron chi connectivity index (χ2n) is 3.44. The van der Waals surface area contributed by atoms with Crippen LogP contribution in [0.4, 0.5) is 8.78 Å². The smallest absolute Gasteiger partial charge is 0.268 e. The Labute approximate surface area is 71.3 Å². The maximum Gasteiger partial charge on any atom is 0.268 e. The fraction of sp³-hybridized carbons (Fsp3) is 1.00. The van der Waals surface area contributed by atoms with Crippen LogP contribution in [-0.4, -0.2) is 32.2 Å². The number of nitrogens with one attached hydrogen (secondary N) is 1. The average Bonchev–Trinajstić information content (AvgIpc) is 1.80. The van der Waals surface area contributed by atoms with E-state index >= 15 is 0 Å². The predicted molar refractivity (Wildman–Crippen MR) is 42.4 cm³/mol. The highest BCUT2D eigenvalue weighted by molar-refractivity contribution is 4.73. The summed E-state index contributed by atoms with van der Waals surface area (Å²) in [5.74, 6) is -2.05. The SMILES string of the molecule is CC(F)(F)COCCC1CNC1. The van der Waals surface area contributed by atoms with Crippen molar-refractivity contribution in [1.29, 1.82) is 0 Å². The Morgan fingerprint density at radius 3 is 2.58 bits per heavy atom. The molecular weight excluding hydrogens is 164 g/mol. The van der Waals surface area contributed by atoms with Gasteiger partial charge >= 0.3 is 0 Å². The van der Waals surface area contributed by atoms with Crippen LogP contribution in [0.2, 0.25) is 0 Å². The van der Waals surface area contributed by atoms with Crippen LogP contribution in [0.1, 0.15) is 13.3 Å². The largest absolute Gasteiger partial charge is 0.375 e. The van der Waals surface area contributed by atoms with Crippen LogP contribution in [0, 0.1) is 5.92 Å². The Morgan fingerprint density at radius 1 is 1.50 bits per heavy atom. The lowest BCUT2D eigenvalue weighted by Crippen LogP contribution is -2.42. The van der Waals surface area contributed by atoms with Crippen molar-refractivity contribution in [2.24, 2.45) is 5.92 Å². The first-order valence-corrected chi connectivity index (χ1v) is 4.24. The van der Waals surface area contributed by atoms with Crippen molar-refractivity contribution in [2.75, 3.05) is 26.3 Å². The molecule has 0 saturated carbocycles. The van der Waals surface area contributed by atoms with Crippen molar-refractivity contribution in [3.05, 3.63) is 0 Å². The zero-order chi connectivity index (χ0) is 9.03. The molecule has 0 radical (unpaired) electrons. The minimum atomic E-state index is -2.68. The van der Waals surface area contributed by atoms with E-state index in [4.69, 9.17) is 4.74 Å². The molecule has 0 aromatic heterocycles. The zero-order valence-corrected chi connectivity index (χ0v) is 7.28. The number of ether oxygens (including phenoxy) is 1. The highest BCUT2D eigenvalue weighted by Crippen LogP contribution is 2.13. The molecule has 0 amide bonds. The van der Waals surface area contributed by atoms with E-state index < -0.39 is 12.5 Å². The molecule has 0 spiro atoms. The molecule has 2 nitrogen and oxygen atoms in total.